The second kappa shape index (κ2) is 8.64. The lowest BCUT2D eigenvalue weighted by Crippen LogP contribution is -2.29. The number of rotatable bonds is 8. The summed E-state index contributed by atoms with van der Waals surface area (Å²) >= 11 is 0. The largest absolute Gasteiger partial charge is 0.399 e. The molecule has 0 saturated carbocycles. The van der Waals surface area contributed by atoms with Crippen molar-refractivity contribution in [2.24, 2.45) is 0 Å². The predicted octanol–water partition coefficient (Wildman–Crippen LogP) is 1.79. The molecule has 0 unspecified atom stereocenters. The predicted molar refractivity (Wildman–Crippen MR) is 89.5 cm³/mol. The van der Waals surface area contributed by atoms with Gasteiger partial charge in [0.1, 0.15) is 0 Å². The molecule has 0 saturated heterocycles. The number of anilines is 2. The number of benzene rings is 1. The summed E-state index contributed by atoms with van der Waals surface area (Å²) in [4.78, 5) is 16.4. The van der Waals surface area contributed by atoms with Crippen LogP contribution in [0.1, 0.15) is 18.4 Å². The SMILES string of the molecule is Cc1ccc(N)cc1NC(=O)CCCN(C)CCN(C)C. The van der Waals surface area contributed by atoms with Crippen molar-refractivity contribution in [3.63, 3.8) is 0 Å². The first kappa shape index (κ1) is 17.5. The zero-order chi connectivity index (χ0) is 15.8. The molecule has 0 aliphatic rings. The van der Waals surface area contributed by atoms with Crippen LogP contribution in [0.3, 0.4) is 0 Å². The summed E-state index contributed by atoms with van der Waals surface area (Å²) in [5, 5.41) is 2.93. The Balaban J connectivity index is 2.29. The number of nitrogens with two attached hydrogens (primary N) is 1. The highest BCUT2D eigenvalue weighted by Crippen LogP contribution is 2.18. The number of amides is 1. The smallest absolute Gasteiger partial charge is 0.224 e. The first-order valence-electron chi connectivity index (χ1n) is 7.37. The summed E-state index contributed by atoms with van der Waals surface area (Å²) in [5.41, 5.74) is 8.24. The minimum Gasteiger partial charge on any atom is -0.399 e. The zero-order valence-corrected chi connectivity index (χ0v) is 13.6. The summed E-state index contributed by atoms with van der Waals surface area (Å²) in [5.74, 6) is 0.0460. The van der Waals surface area contributed by atoms with Gasteiger partial charge in [0, 0.05) is 30.9 Å². The van der Waals surface area contributed by atoms with Crippen molar-refractivity contribution in [3.05, 3.63) is 23.8 Å². The molecule has 0 bridgehead atoms. The van der Waals surface area contributed by atoms with E-state index in [1.165, 1.54) is 0 Å². The highest BCUT2D eigenvalue weighted by atomic mass is 16.1. The topological polar surface area (TPSA) is 61.6 Å². The Labute approximate surface area is 128 Å². The number of nitrogen functional groups attached to an aromatic ring is 1. The van der Waals surface area contributed by atoms with E-state index in [0.29, 0.717) is 12.1 Å². The lowest BCUT2D eigenvalue weighted by molar-refractivity contribution is -0.116. The molecule has 0 radical (unpaired) electrons. The second-order valence-corrected chi connectivity index (χ2v) is 5.83. The molecule has 0 aliphatic carbocycles. The first-order valence-corrected chi connectivity index (χ1v) is 7.37. The average molecular weight is 292 g/mol. The maximum atomic E-state index is 11.9. The molecule has 1 amide bonds. The van der Waals surface area contributed by atoms with Crippen LogP contribution < -0.4 is 11.1 Å². The Morgan fingerprint density at radius 1 is 1.19 bits per heavy atom. The van der Waals surface area contributed by atoms with Crippen LogP contribution in [-0.2, 0) is 4.79 Å². The molecule has 0 fully saturated rings. The molecule has 118 valence electrons. The normalized spacial score (nSPS) is 11.1. The number of aryl methyl sites for hydroxylation is 1. The van der Waals surface area contributed by atoms with Gasteiger partial charge in [0.05, 0.1) is 0 Å². The Morgan fingerprint density at radius 2 is 1.90 bits per heavy atom. The van der Waals surface area contributed by atoms with Gasteiger partial charge in [-0.1, -0.05) is 6.07 Å². The van der Waals surface area contributed by atoms with Crippen molar-refractivity contribution < 1.29 is 4.79 Å². The van der Waals surface area contributed by atoms with Gasteiger partial charge in [-0.3, -0.25) is 4.79 Å². The lowest BCUT2D eigenvalue weighted by Gasteiger charge is -2.19. The van der Waals surface area contributed by atoms with Crippen molar-refractivity contribution in [2.45, 2.75) is 19.8 Å². The Bertz CT molecular complexity index is 460. The number of likely N-dealkylation sites (N-methyl/N-ethyl adjacent to an activating group) is 2. The Hall–Kier alpha value is -1.59. The Morgan fingerprint density at radius 3 is 2.57 bits per heavy atom. The van der Waals surface area contributed by atoms with E-state index in [1.54, 1.807) is 6.07 Å². The van der Waals surface area contributed by atoms with E-state index in [-0.39, 0.29) is 5.91 Å². The van der Waals surface area contributed by atoms with Gasteiger partial charge in [0.15, 0.2) is 0 Å². The van der Waals surface area contributed by atoms with Crippen LogP contribution in [0.5, 0.6) is 0 Å². The minimum absolute atomic E-state index is 0.0460. The number of carbonyl (C=O) groups excluding carboxylic acids is 1. The van der Waals surface area contributed by atoms with Gasteiger partial charge in [0.25, 0.3) is 0 Å². The van der Waals surface area contributed by atoms with Gasteiger partial charge in [-0.15, -0.1) is 0 Å². The fraction of sp³-hybridized carbons (Fsp3) is 0.562. The summed E-state index contributed by atoms with van der Waals surface area (Å²) in [6.45, 7) is 4.94. The quantitative estimate of drug-likeness (QED) is 0.717. The molecule has 5 heteroatoms. The van der Waals surface area contributed by atoms with Gasteiger partial charge in [0.2, 0.25) is 5.91 Å². The molecule has 0 atom stereocenters. The van der Waals surface area contributed by atoms with Gasteiger partial charge >= 0.3 is 0 Å². The monoisotopic (exact) mass is 292 g/mol. The van der Waals surface area contributed by atoms with Crippen LogP contribution >= 0.6 is 0 Å². The second-order valence-electron chi connectivity index (χ2n) is 5.83. The van der Waals surface area contributed by atoms with Crippen molar-refractivity contribution >= 4 is 17.3 Å². The molecule has 0 aromatic heterocycles. The third-order valence-corrected chi connectivity index (χ3v) is 3.41. The van der Waals surface area contributed by atoms with E-state index in [0.717, 1.165) is 37.3 Å². The van der Waals surface area contributed by atoms with Crippen LogP contribution in [0.25, 0.3) is 0 Å². The van der Waals surface area contributed by atoms with Crippen LogP contribution in [0.15, 0.2) is 18.2 Å². The van der Waals surface area contributed by atoms with Crippen LogP contribution in [-0.4, -0.2) is 56.5 Å². The molecule has 0 heterocycles. The van der Waals surface area contributed by atoms with Crippen LogP contribution in [0.4, 0.5) is 11.4 Å². The molecule has 1 rings (SSSR count). The van der Waals surface area contributed by atoms with Crippen molar-refractivity contribution in [3.8, 4) is 0 Å². The number of hydrogen-bond donors (Lipinski definition) is 2. The fourth-order valence-corrected chi connectivity index (χ4v) is 1.98. The van der Waals surface area contributed by atoms with Crippen molar-refractivity contribution in [2.75, 3.05) is 51.8 Å². The summed E-state index contributed by atoms with van der Waals surface area (Å²) < 4.78 is 0. The minimum atomic E-state index is 0.0460. The Kier molecular flexibility index (Phi) is 7.19. The summed E-state index contributed by atoms with van der Waals surface area (Å²) in [6.07, 6.45) is 1.39. The number of nitrogens with one attached hydrogen (secondary N) is 1. The molecule has 1 aromatic carbocycles. The summed E-state index contributed by atoms with van der Waals surface area (Å²) in [7, 11) is 6.22. The van der Waals surface area contributed by atoms with E-state index in [4.69, 9.17) is 5.73 Å². The molecule has 0 aliphatic heterocycles. The van der Waals surface area contributed by atoms with Crippen molar-refractivity contribution in [1.29, 1.82) is 0 Å². The molecule has 5 nitrogen and oxygen atoms in total. The highest BCUT2D eigenvalue weighted by Gasteiger charge is 2.06. The standard InChI is InChI=1S/C16H28N4O/c1-13-7-8-14(17)12-15(13)18-16(21)6-5-9-20(4)11-10-19(2)3/h7-8,12H,5-6,9-11,17H2,1-4H3,(H,18,21). The van der Waals surface area contributed by atoms with Crippen LogP contribution in [0, 0.1) is 6.92 Å². The molecule has 21 heavy (non-hydrogen) atoms. The molecular formula is C16H28N4O. The van der Waals surface area contributed by atoms with Crippen LogP contribution in [0.2, 0.25) is 0 Å². The van der Waals surface area contributed by atoms with Gasteiger partial charge < -0.3 is 20.9 Å². The van der Waals surface area contributed by atoms with E-state index in [9.17, 15) is 4.79 Å². The van der Waals surface area contributed by atoms with E-state index in [2.05, 4.69) is 36.3 Å². The van der Waals surface area contributed by atoms with Gasteiger partial charge in [-0.05, 0) is 58.7 Å². The number of carbonyl (C=O) groups is 1. The summed E-state index contributed by atoms with van der Waals surface area (Å²) in [6, 6.07) is 5.56. The maximum absolute atomic E-state index is 11.9. The van der Waals surface area contributed by atoms with Gasteiger partial charge in [-0.2, -0.15) is 0 Å². The third kappa shape index (κ3) is 7.11. The first-order chi connectivity index (χ1) is 9.88. The molecule has 1 aromatic rings. The lowest BCUT2D eigenvalue weighted by atomic mass is 10.1. The number of hydrogen-bond acceptors (Lipinski definition) is 4. The maximum Gasteiger partial charge on any atom is 0.224 e. The van der Waals surface area contributed by atoms with Crippen molar-refractivity contribution in [1.82, 2.24) is 9.80 Å². The fourth-order valence-electron chi connectivity index (χ4n) is 1.98. The van der Waals surface area contributed by atoms with E-state index >= 15 is 0 Å². The number of nitrogens with zero attached hydrogens (tertiary/aromatic N) is 2. The van der Waals surface area contributed by atoms with E-state index < -0.39 is 0 Å². The molecular weight excluding hydrogens is 264 g/mol. The highest BCUT2D eigenvalue weighted by molar-refractivity contribution is 5.91. The van der Waals surface area contributed by atoms with Gasteiger partial charge in [-0.25, -0.2) is 0 Å². The third-order valence-electron chi connectivity index (χ3n) is 3.41. The average Bonchev–Trinajstić information content (AvgIpc) is 2.40. The zero-order valence-electron chi connectivity index (χ0n) is 13.6. The molecule has 3 N–H and O–H groups in total. The molecule has 0 spiro atoms. The van der Waals surface area contributed by atoms with E-state index in [1.807, 2.05) is 19.1 Å².